The number of aliphatic hydroxyl groups is 1. The molecule has 2 aliphatic rings. The van der Waals surface area contributed by atoms with Crippen molar-refractivity contribution in [2.75, 3.05) is 13.6 Å². The second-order valence-corrected chi connectivity index (χ2v) is 5.60. The van der Waals surface area contributed by atoms with Crippen molar-refractivity contribution in [2.45, 2.75) is 69.4 Å². The molecule has 1 aliphatic carbocycles. The van der Waals surface area contributed by atoms with E-state index in [0.29, 0.717) is 0 Å². The SMILES string of the molecule is CN1CCCC1CCC1(O)CCCCC1. The lowest BCUT2D eigenvalue weighted by atomic mass is 9.81. The van der Waals surface area contributed by atoms with Gasteiger partial charge in [0.25, 0.3) is 0 Å². The molecule has 1 saturated heterocycles. The predicted octanol–water partition coefficient (Wildman–Crippen LogP) is 2.56. The Balaban J connectivity index is 1.76. The minimum absolute atomic E-state index is 0.304. The topological polar surface area (TPSA) is 23.5 Å². The molecule has 0 aromatic rings. The third kappa shape index (κ3) is 2.94. The molecule has 15 heavy (non-hydrogen) atoms. The van der Waals surface area contributed by atoms with Crippen molar-refractivity contribution in [1.29, 1.82) is 0 Å². The minimum atomic E-state index is -0.304. The van der Waals surface area contributed by atoms with Crippen LogP contribution < -0.4 is 0 Å². The van der Waals surface area contributed by atoms with Crippen molar-refractivity contribution in [3.05, 3.63) is 0 Å². The van der Waals surface area contributed by atoms with E-state index in [1.807, 2.05) is 0 Å². The van der Waals surface area contributed by atoms with Crippen LogP contribution in [0.25, 0.3) is 0 Å². The molecule has 0 amide bonds. The quantitative estimate of drug-likeness (QED) is 0.775. The molecule has 1 heterocycles. The zero-order chi connectivity index (χ0) is 10.7. The molecule has 0 aromatic carbocycles. The van der Waals surface area contributed by atoms with Crippen molar-refractivity contribution in [3.63, 3.8) is 0 Å². The van der Waals surface area contributed by atoms with E-state index in [1.54, 1.807) is 0 Å². The first-order valence-electron chi connectivity index (χ1n) is 6.62. The van der Waals surface area contributed by atoms with Crippen LogP contribution in [0.4, 0.5) is 0 Å². The van der Waals surface area contributed by atoms with E-state index in [0.717, 1.165) is 25.3 Å². The van der Waals surface area contributed by atoms with Gasteiger partial charge >= 0.3 is 0 Å². The number of rotatable bonds is 3. The molecule has 0 spiro atoms. The van der Waals surface area contributed by atoms with Gasteiger partial charge in [-0.15, -0.1) is 0 Å². The molecule has 88 valence electrons. The fourth-order valence-electron chi connectivity index (χ4n) is 3.24. The average Bonchev–Trinajstić information content (AvgIpc) is 2.62. The van der Waals surface area contributed by atoms with Crippen LogP contribution in [-0.4, -0.2) is 35.2 Å². The second kappa shape index (κ2) is 4.84. The van der Waals surface area contributed by atoms with E-state index in [1.165, 1.54) is 45.1 Å². The Labute approximate surface area is 93.7 Å². The minimum Gasteiger partial charge on any atom is -0.390 e. The Kier molecular flexibility index (Phi) is 3.68. The van der Waals surface area contributed by atoms with Gasteiger partial charge in [-0.1, -0.05) is 19.3 Å². The van der Waals surface area contributed by atoms with Crippen molar-refractivity contribution >= 4 is 0 Å². The number of hydrogen-bond acceptors (Lipinski definition) is 2. The van der Waals surface area contributed by atoms with Gasteiger partial charge in [0.2, 0.25) is 0 Å². The van der Waals surface area contributed by atoms with E-state index >= 15 is 0 Å². The standard InChI is InChI=1S/C13H25NO/c1-14-11-5-6-12(14)7-10-13(15)8-3-2-4-9-13/h12,15H,2-11H2,1H3. The van der Waals surface area contributed by atoms with Gasteiger partial charge in [0.05, 0.1) is 5.60 Å². The van der Waals surface area contributed by atoms with Gasteiger partial charge in [0.1, 0.15) is 0 Å². The van der Waals surface area contributed by atoms with E-state index in [9.17, 15) is 5.11 Å². The molecule has 1 N–H and O–H groups in total. The van der Waals surface area contributed by atoms with Crippen LogP contribution in [0.15, 0.2) is 0 Å². The highest BCUT2D eigenvalue weighted by molar-refractivity contribution is 4.85. The fraction of sp³-hybridized carbons (Fsp3) is 1.00. The first-order chi connectivity index (χ1) is 7.20. The Morgan fingerprint density at radius 1 is 1.20 bits per heavy atom. The van der Waals surface area contributed by atoms with E-state index in [-0.39, 0.29) is 5.60 Å². The van der Waals surface area contributed by atoms with Crippen LogP contribution in [0.2, 0.25) is 0 Å². The molecule has 0 radical (unpaired) electrons. The summed E-state index contributed by atoms with van der Waals surface area (Å²) in [5.41, 5.74) is -0.304. The maximum Gasteiger partial charge on any atom is 0.0648 e. The van der Waals surface area contributed by atoms with Crippen molar-refractivity contribution < 1.29 is 5.11 Å². The monoisotopic (exact) mass is 211 g/mol. The summed E-state index contributed by atoms with van der Waals surface area (Å²) in [7, 11) is 2.22. The van der Waals surface area contributed by atoms with Gasteiger partial charge in [-0.05, 0) is 52.1 Å². The van der Waals surface area contributed by atoms with Crippen LogP contribution in [0, 0.1) is 0 Å². The van der Waals surface area contributed by atoms with Gasteiger partial charge < -0.3 is 10.0 Å². The van der Waals surface area contributed by atoms with Gasteiger partial charge in [0, 0.05) is 6.04 Å². The lowest BCUT2D eigenvalue weighted by molar-refractivity contribution is -0.00961. The maximum atomic E-state index is 10.4. The molecule has 1 saturated carbocycles. The van der Waals surface area contributed by atoms with Gasteiger partial charge in [-0.3, -0.25) is 0 Å². The molecular formula is C13H25NO. The zero-order valence-corrected chi connectivity index (χ0v) is 10.0. The summed E-state index contributed by atoms with van der Waals surface area (Å²) in [5, 5.41) is 10.4. The average molecular weight is 211 g/mol. The molecule has 1 aliphatic heterocycles. The summed E-state index contributed by atoms with van der Waals surface area (Å²) in [6.45, 7) is 1.25. The Hall–Kier alpha value is -0.0800. The molecule has 2 nitrogen and oxygen atoms in total. The number of nitrogens with zero attached hydrogens (tertiary/aromatic N) is 1. The zero-order valence-electron chi connectivity index (χ0n) is 10.0. The molecule has 0 bridgehead atoms. The summed E-state index contributed by atoms with van der Waals surface area (Å²) in [5.74, 6) is 0. The second-order valence-electron chi connectivity index (χ2n) is 5.60. The van der Waals surface area contributed by atoms with Crippen molar-refractivity contribution in [3.8, 4) is 0 Å². The number of likely N-dealkylation sites (tertiary alicyclic amines) is 1. The Bertz CT molecular complexity index is 199. The normalized spacial score (nSPS) is 32.0. The number of hydrogen-bond donors (Lipinski definition) is 1. The van der Waals surface area contributed by atoms with E-state index < -0.39 is 0 Å². The summed E-state index contributed by atoms with van der Waals surface area (Å²) < 4.78 is 0. The summed E-state index contributed by atoms with van der Waals surface area (Å²) in [6.07, 6.45) is 10.8. The maximum absolute atomic E-state index is 10.4. The summed E-state index contributed by atoms with van der Waals surface area (Å²) in [6, 6.07) is 0.746. The van der Waals surface area contributed by atoms with Crippen molar-refractivity contribution in [1.82, 2.24) is 4.90 Å². The highest BCUT2D eigenvalue weighted by Gasteiger charge is 2.31. The fourth-order valence-corrected chi connectivity index (χ4v) is 3.24. The van der Waals surface area contributed by atoms with E-state index in [4.69, 9.17) is 0 Å². The lowest BCUT2D eigenvalue weighted by Crippen LogP contribution is -2.34. The Morgan fingerprint density at radius 3 is 2.53 bits per heavy atom. The van der Waals surface area contributed by atoms with Crippen LogP contribution >= 0.6 is 0 Å². The van der Waals surface area contributed by atoms with Gasteiger partial charge in [-0.25, -0.2) is 0 Å². The predicted molar refractivity (Wildman–Crippen MR) is 62.9 cm³/mol. The Morgan fingerprint density at radius 2 is 1.93 bits per heavy atom. The van der Waals surface area contributed by atoms with Gasteiger partial charge in [-0.2, -0.15) is 0 Å². The van der Waals surface area contributed by atoms with Crippen molar-refractivity contribution in [2.24, 2.45) is 0 Å². The highest BCUT2D eigenvalue weighted by Crippen LogP contribution is 2.33. The van der Waals surface area contributed by atoms with Crippen LogP contribution in [0.5, 0.6) is 0 Å². The highest BCUT2D eigenvalue weighted by atomic mass is 16.3. The lowest BCUT2D eigenvalue weighted by Gasteiger charge is -2.33. The molecule has 2 rings (SSSR count). The van der Waals surface area contributed by atoms with Gasteiger partial charge in [0.15, 0.2) is 0 Å². The molecule has 1 unspecified atom stereocenters. The molecule has 0 aromatic heterocycles. The summed E-state index contributed by atoms with van der Waals surface area (Å²) in [4.78, 5) is 2.46. The smallest absolute Gasteiger partial charge is 0.0648 e. The molecule has 1 atom stereocenters. The molecule has 2 fully saturated rings. The van der Waals surface area contributed by atoms with Crippen LogP contribution in [0.1, 0.15) is 57.8 Å². The molecular weight excluding hydrogens is 186 g/mol. The van der Waals surface area contributed by atoms with E-state index in [2.05, 4.69) is 11.9 Å². The first kappa shape index (κ1) is 11.4. The molecule has 2 heteroatoms. The largest absolute Gasteiger partial charge is 0.390 e. The van der Waals surface area contributed by atoms with Crippen LogP contribution in [-0.2, 0) is 0 Å². The first-order valence-corrected chi connectivity index (χ1v) is 6.62. The third-order valence-electron chi connectivity index (χ3n) is 4.40. The third-order valence-corrected chi connectivity index (χ3v) is 4.40. The summed E-state index contributed by atoms with van der Waals surface area (Å²) >= 11 is 0. The van der Waals surface area contributed by atoms with Crippen LogP contribution in [0.3, 0.4) is 0 Å².